The molecule has 0 fully saturated rings. The number of hydrogen-bond donors (Lipinski definition) is 2. The minimum atomic E-state index is -0.798. The molecule has 1 amide bonds. The SMILES string of the molecule is O=C(O)CCCCNC(=O)c1cc(Br)cs1. The molecule has 0 saturated carbocycles. The van der Waals surface area contributed by atoms with Gasteiger partial charge >= 0.3 is 5.97 Å². The van der Waals surface area contributed by atoms with Gasteiger partial charge in [-0.05, 0) is 34.8 Å². The number of carboxylic acids is 1. The molecule has 0 aliphatic heterocycles. The average Bonchev–Trinajstić information content (AvgIpc) is 2.63. The minimum absolute atomic E-state index is 0.106. The summed E-state index contributed by atoms with van der Waals surface area (Å²) in [5.74, 6) is -0.903. The van der Waals surface area contributed by atoms with E-state index in [1.165, 1.54) is 11.3 Å². The monoisotopic (exact) mass is 305 g/mol. The van der Waals surface area contributed by atoms with E-state index < -0.39 is 5.97 Å². The normalized spacial score (nSPS) is 10.1. The second-order valence-electron chi connectivity index (χ2n) is 3.24. The maximum atomic E-state index is 11.5. The lowest BCUT2D eigenvalue weighted by molar-refractivity contribution is -0.137. The molecular formula is C10H12BrNO3S. The molecule has 0 aliphatic carbocycles. The van der Waals surface area contributed by atoms with Crippen LogP contribution in [0, 0.1) is 0 Å². The molecule has 1 aromatic rings. The lowest BCUT2D eigenvalue weighted by Gasteiger charge is -2.01. The van der Waals surface area contributed by atoms with Crippen molar-refractivity contribution in [3.8, 4) is 0 Å². The summed E-state index contributed by atoms with van der Waals surface area (Å²) in [7, 11) is 0. The van der Waals surface area contributed by atoms with Gasteiger partial charge in [-0.1, -0.05) is 0 Å². The van der Waals surface area contributed by atoms with Gasteiger partial charge in [0, 0.05) is 22.8 Å². The molecule has 0 saturated heterocycles. The number of thiophene rings is 1. The lowest BCUT2D eigenvalue weighted by Crippen LogP contribution is -2.23. The van der Waals surface area contributed by atoms with E-state index in [4.69, 9.17) is 5.11 Å². The van der Waals surface area contributed by atoms with Crippen LogP contribution in [0.5, 0.6) is 0 Å². The molecule has 16 heavy (non-hydrogen) atoms. The van der Waals surface area contributed by atoms with Crippen LogP contribution in [0.4, 0.5) is 0 Å². The summed E-state index contributed by atoms with van der Waals surface area (Å²) in [4.78, 5) is 22.4. The molecule has 0 radical (unpaired) electrons. The number of hydrogen-bond acceptors (Lipinski definition) is 3. The van der Waals surface area contributed by atoms with E-state index in [1.807, 2.05) is 5.38 Å². The van der Waals surface area contributed by atoms with Crippen molar-refractivity contribution in [3.05, 3.63) is 20.8 Å². The molecule has 2 N–H and O–H groups in total. The topological polar surface area (TPSA) is 66.4 Å². The largest absolute Gasteiger partial charge is 0.481 e. The molecule has 0 bridgehead atoms. The number of amides is 1. The first-order valence-corrected chi connectivity index (χ1v) is 6.51. The second-order valence-corrected chi connectivity index (χ2v) is 5.06. The van der Waals surface area contributed by atoms with Crippen molar-refractivity contribution in [2.45, 2.75) is 19.3 Å². The third-order valence-electron chi connectivity index (χ3n) is 1.89. The Bertz CT molecular complexity index is 378. The first kappa shape index (κ1) is 13.2. The van der Waals surface area contributed by atoms with Crippen LogP contribution in [0.25, 0.3) is 0 Å². The van der Waals surface area contributed by atoms with Crippen molar-refractivity contribution >= 4 is 39.1 Å². The predicted molar refractivity (Wildman–Crippen MR) is 65.8 cm³/mol. The van der Waals surface area contributed by atoms with Crippen LogP contribution in [-0.4, -0.2) is 23.5 Å². The summed E-state index contributed by atoms with van der Waals surface area (Å²) < 4.78 is 0.897. The Kier molecular flexibility index (Phi) is 5.48. The molecule has 0 aromatic carbocycles. The third-order valence-corrected chi connectivity index (χ3v) is 3.58. The van der Waals surface area contributed by atoms with Gasteiger partial charge in [0.15, 0.2) is 0 Å². The van der Waals surface area contributed by atoms with E-state index in [0.29, 0.717) is 24.3 Å². The van der Waals surface area contributed by atoms with Crippen LogP contribution in [0.1, 0.15) is 28.9 Å². The molecule has 6 heteroatoms. The zero-order valence-electron chi connectivity index (χ0n) is 8.53. The van der Waals surface area contributed by atoms with Crippen LogP contribution >= 0.6 is 27.3 Å². The molecule has 0 atom stereocenters. The second kappa shape index (κ2) is 6.65. The fourth-order valence-electron chi connectivity index (χ4n) is 1.12. The van der Waals surface area contributed by atoms with Gasteiger partial charge in [0.2, 0.25) is 0 Å². The predicted octanol–water partition coefficient (Wildman–Crippen LogP) is 2.50. The van der Waals surface area contributed by atoms with Gasteiger partial charge in [0.1, 0.15) is 0 Å². The van der Waals surface area contributed by atoms with Crippen molar-refractivity contribution in [1.82, 2.24) is 5.32 Å². The molecule has 0 aliphatic rings. The minimum Gasteiger partial charge on any atom is -0.481 e. The molecule has 0 unspecified atom stereocenters. The fourth-order valence-corrected chi connectivity index (χ4v) is 2.47. The van der Waals surface area contributed by atoms with Gasteiger partial charge in [0.05, 0.1) is 4.88 Å². The molecule has 1 rings (SSSR count). The summed E-state index contributed by atoms with van der Waals surface area (Å²) in [6.07, 6.45) is 1.43. The zero-order chi connectivity index (χ0) is 12.0. The van der Waals surface area contributed by atoms with Gasteiger partial charge in [-0.25, -0.2) is 0 Å². The van der Waals surface area contributed by atoms with Crippen LogP contribution < -0.4 is 5.32 Å². The van der Waals surface area contributed by atoms with E-state index in [2.05, 4.69) is 21.2 Å². The summed E-state index contributed by atoms with van der Waals surface area (Å²) in [6.45, 7) is 0.516. The fraction of sp³-hybridized carbons (Fsp3) is 0.400. The molecule has 4 nitrogen and oxygen atoms in total. The van der Waals surface area contributed by atoms with E-state index in [-0.39, 0.29) is 12.3 Å². The first-order chi connectivity index (χ1) is 7.59. The highest BCUT2D eigenvalue weighted by molar-refractivity contribution is 9.10. The van der Waals surface area contributed by atoms with E-state index in [1.54, 1.807) is 6.07 Å². The number of halogens is 1. The number of carboxylic acid groups (broad SMARTS) is 1. The van der Waals surface area contributed by atoms with Crippen LogP contribution in [0.2, 0.25) is 0 Å². The Morgan fingerprint density at radius 2 is 2.19 bits per heavy atom. The average molecular weight is 306 g/mol. The Morgan fingerprint density at radius 3 is 2.75 bits per heavy atom. The van der Waals surface area contributed by atoms with Crippen molar-refractivity contribution in [2.75, 3.05) is 6.54 Å². The maximum Gasteiger partial charge on any atom is 0.303 e. The van der Waals surface area contributed by atoms with Crippen molar-refractivity contribution in [3.63, 3.8) is 0 Å². The summed E-state index contributed by atoms with van der Waals surface area (Å²) in [5, 5.41) is 13.0. The van der Waals surface area contributed by atoms with E-state index in [0.717, 1.165) is 4.47 Å². The van der Waals surface area contributed by atoms with Gasteiger partial charge in [-0.3, -0.25) is 9.59 Å². The van der Waals surface area contributed by atoms with Crippen molar-refractivity contribution < 1.29 is 14.7 Å². The standard InChI is InChI=1S/C10H12BrNO3S/c11-7-5-8(16-6-7)10(15)12-4-2-1-3-9(13)14/h5-6H,1-4H2,(H,12,15)(H,13,14). The van der Waals surface area contributed by atoms with E-state index in [9.17, 15) is 9.59 Å². The Labute approximate surface area is 106 Å². The first-order valence-electron chi connectivity index (χ1n) is 4.83. The van der Waals surface area contributed by atoms with Gasteiger partial charge in [-0.15, -0.1) is 11.3 Å². The Morgan fingerprint density at radius 1 is 1.44 bits per heavy atom. The van der Waals surface area contributed by atoms with Gasteiger partial charge in [-0.2, -0.15) is 0 Å². The molecule has 0 spiro atoms. The smallest absolute Gasteiger partial charge is 0.303 e. The number of carbonyl (C=O) groups is 2. The molecule has 1 aromatic heterocycles. The number of carbonyl (C=O) groups excluding carboxylic acids is 1. The van der Waals surface area contributed by atoms with Crippen molar-refractivity contribution in [2.24, 2.45) is 0 Å². The number of nitrogens with one attached hydrogen (secondary N) is 1. The van der Waals surface area contributed by atoms with Gasteiger partial charge < -0.3 is 10.4 Å². The van der Waals surface area contributed by atoms with Gasteiger partial charge in [0.25, 0.3) is 5.91 Å². The summed E-state index contributed by atoms with van der Waals surface area (Å²) >= 11 is 4.65. The molecule has 1 heterocycles. The highest BCUT2D eigenvalue weighted by Gasteiger charge is 2.07. The van der Waals surface area contributed by atoms with E-state index >= 15 is 0 Å². The zero-order valence-corrected chi connectivity index (χ0v) is 10.9. The van der Waals surface area contributed by atoms with Crippen molar-refractivity contribution in [1.29, 1.82) is 0 Å². The lowest BCUT2D eigenvalue weighted by atomic mass is 10.2. The third kappa shape index (κ3) is 4.76. The number of aliphatic carboxylic acids is 1. The Balaban J connectivity index is 2.18. The molecule has 88 valence electrons. The Hall–Kier alpha value is -0.880. The number of rotatable bonds is 6. The molecular weight excluding hydrogens is 294 g/mol. The van der Waals surface area contributed by atoms with Crippen LogP contribution in [0.15, 0.2) is 15.9 Å². The van der Waals surface area contributed by atoms with Crippen LogP contribution in [0.3, 0.4) is 0 Å². The highest BCUT2D eigenvalue weighted by atomic mass is 79.9. The maximum absolute atomic E-state index is 11.5. The highest BCUT2D eigenvalue weighted by Crippen LogP contribution is 2.19. The van der Waals surface area contributed by atoms with Crippen LogP contribution in [-0.2, 0) is 4.79 Å². The summed E-state index contributed by atoms with van der Waals surface area (Å²) in [5.41, 5.74) is 0. The number of unbranched alkanes of at least 4 members (excludes halogenated alkanes) is 1. The quantitative estimate of drug-likeness (QED) is 0.794. The summed E-state index contributed by atoms with van der Waals surface area (Å²) in [6, 6.07) is 1.76.